The van der Waals surface area contributed by atoms with Crippen molar-refractivity contribution in [1.82, 2.24) is 4.72 Å². The van der Waals surface area contributed by atoms with Crippen LogP contribution < -0.4 is 4.72 Å². The molecule has 0 aromatic heterocycles. The van der Waals surface area contributed by atoms with Gasteiger partial charge in [-0.3, -0.25) is 4.79 Å². The van der Waals surface area contributed by atoms with E-state index in [-0.39, 0.29) is 10.5 Å². The van der Waals surface area contributed by atoms with Crippen LogP contribution in [0.1, 0.15) is 10.4 Å². The third-order valence-corrected chi connectivity index (χ3v) is 4.71. The number of amides is 1. The molecule has 0 radical (unpaired) electrons. The summed E-state index contributed by atoms with van der Waals surface area (Å²) in [5.41, 5.74) is 0.287. The summed E-state index contributed by atoms with van der Waals surface area (Å²) in [5, 5.41) is 0.424. The molecule has 7 heteroatoms. The smallest absolute Gasteiger partial charge is 0.265 e. The molecule has 0 aliphatic carbocycles. The zero-order chi connectivity index (χ0) is 14.8. The van der Waals surface area contributed by atoms with Crippen LogP contribution in [-0.2, 0) is 10.0 Å². The number of carbonyl (C=O) groups excluding carboxylic acids is 1. The van der Waals surface area contributed by atoms with Gasteiger partial charge in [-0.1, -0.05) is 17.7 Å². The molecule has 0 fully saturated rings. The lowest BCUT2D eigenvalue weighted by atomic mass is 10.2. The summed E-state index contributed by atoms with van der Waals surface area (Å²) in [4.78, 5) is 11.9. The summed E-state index contributed by atoms with van der Waals surface area (Å²) in [6.07, 6.45) is 0. The Balaban J connectivity index is 2.24. The van der Waals surface area contributed by atoms with Gasteiger partial charge in [-0.2, -0.15) is 0 Å². The second kappa shape index (κ2) is 6.11. The number of hydrogen-bond acceptors (Lipinski definition) is 3. The van der Waals surface area contributed by atoms with Crippen molar-refractivity contribution in [2.45, 2.75) is 4.90 Å². The van der Waals surface area contributed by atoms with Crippen molar-refractivity contribution in [1.29, 1.82) is 0 Å². The molecule has 2 rings (SSSR count). The highest BCUT2D eigenvalue weighted by molar-refractivity contribution is 14.1. The van der Waals surface area contributed by atoms with E-state index in [1.165, 1.54) is 24.3 Å². The van der Waals surface area contributed by atoms with E-state index in [1.54, 1.807) is 18.2 Å². The third kappa shape index (κ3) is 3.71. The predicted octanol–water partition coefficient (Wildman–Crippen LogP) is 3.06. The largest absolute Gasteiger partial charge is 0.268 e. The van der Waals surface area contributed by atoms with Gasteiger partial charge < -0.3 is 0 Å². The highest BCUT2D eigenvalue weighted by Gasteiger charge is 2.18. The molecule has 1 N–H and O–H groups in total. The van der Waals surface area contributed by atoms with Gasteiger partial charge in [-0.05, 0) is 65.1 Å². The van der Waals surface area contributed by atoms with Crippen molar-refractivity contribution in [2.24, 2.45) is 0 Å². The first-order valence-electron chi connectivity index (χ1n) is 5.47. The Morgan fingerprint density at radius 1 is 1.10 bits per heavy atom. The van der Waals surface area contributed by atoms with E-state index in [0.717, 1.165) is 3.57 Å². The van der Waals surface area contributed by atoms with Gasteiger partial charge in [0.25, 0.3) is 15.9 Å². The lowest BCUT2D eigenvalue weighted by Gasteiger charge is -2.07. The molecule has 0 atom stereocenters. The van der Waals surface area contributed by atoms with E-state index >= 15 is 0 Å². The average molecular weight is 422 g/mol. The van der Waals surface area contributed by atoms with Crippen LogP contribution in [0.3, 0.4) is 0 Å². The molecule has 0 saturated carbocycles. The molecule has 0 aliphatic rings. The molecule has 0 bridgehead atoms. The van der Waals surface area contributed by atoms with Crippen molar-refractivity contribution in [3.05, 3.63) is 62.7 Å². The van der Waals surface area contributed by atoms with E-state index in [1.807, 2.05) is 33.4 Å². The van der Waals surface area contributed by atoms with Crippen LogP contribution >= 0.6 is 34.2 Å². The van der Waals surface area contributed by atoms with Gasteiger partial charge >= 0.3 is 0 Å². The van der Waals surface area contributed by atoms with Gasteiger partial charge in [0.05, 0.1) is 4.90 Å². The molecule has 0 unspecified atom stereocenters. The van der Waals surface area contributed by atoms with Gasteiger partial charge in [-0.25, -0.2) is 13.1 Å². The molecule has 20 heavy (non-hydrogen) atoms. The van der Waals surface area contributed by atoms with Crippen LogP contribution in [0, 0.1) is 3.57 Å². The molecule has 0 spiro atoms. The molecular formula is C13H9ClINO3S. The van der Waals surface area contributed by atoms with Crippen LogP contribution in [0.15, 0.2) is 53.4 Å². The SMILES string of the molecule is O=C(NS(=O)(=O)c1ccc(Cl)cc1)c1cccc(I)c1. The van der Waals surface area contributed by atoms with Crippen molar-refractivity contribution < 1.29 is 13.2 Å². The van der Waals surface area contributed by atoms with Crippen molar-refractivity contribution >= 4 is 50.1 Å². The first-order valence-corrected chi connectivity index (χ1v) is 8.41. The zero-order valence-electron chi connectivity index (χ0n) is 10.0. The van der Waals surface area contributed by atoms with E-state index in [9.17, 15) is 13.2 Å². The number of nitrogens with one attached hydrogen (secondary N) is 1. The Bertz CT molecular complexity index is 744. The highest BCUT2D eigenvalue weighted by atomic mass is 127. The minimum atomic E-state index is -3.90. The minimum Gasteiger partial charge on any atom is -0.268 e. The fourth-order valence-corrected chi connectivity index (χ4v) is 3.13. The fraction of sp³-hybridized carbons (Fsp3) is 0. The Hall–Kier alpha value is -1.12. The lowest BCUT2D eigenvalue weighted by Crippen LogP contribution is -2.30. The Morgan fingerprint density at radius 2 is 1.75 bits per heavy atom. The maximum Gasteiger partial charge on any atom is 0.265 e. The predicted molar refractivity (Wildman–Crippen MR) is 85.3 cm³/mol. The second-order valence-corrected chi connectivity index (χ2v) is 7.26. The average Bonchev–Trinajstić information content (AvgIpc) is 2.38. The number of benzene rings is 2. The minimum absolute atomic E-state index is 0.0131. The molecule has 4 nitrogen and oxygen atoms in total. The van der Waals surface area contributed by atoms with Crippen LogP contribution in [-0.4, -0.2) is 14.3 Å². The molecule has 104 valence electrons. The van der Waals surface area contributed by atoms with Crippen molar-refractivity contribution in [3.63, 3.8) is 0 Å². The number of halogens is 2. The topological polar surface area (TPSA) is 63.2 Å². The first kappa shape index (κ1) is 15.3. The van der Waals surface area contributed by atoms with Gasteiger partial charge in [0, 0.05) is 14.2 Å². The first-order chi connectivity index (χ1) is 9.38. The third-order valence-electron chi connectivity index (χ3n) is 2.44. The molecule has 2 aromatic rings. The molecule has 2 aromatic carbocycles. The maximum absolute atomic E-state index is 12.0. The quantitative estimate of drug-likeness (QED) is 0.775. The van der Waals surface area contributed by atoms with Gasteiger partial charge in [-0.15, -0.1) is 0 Å². The Labute approximate surface area is 135 Å². The molecule has 0 aliphatic heterocycles. The lowest BCUT2D eigenvalue weighted by molar-refractivity contribution is 0.0981. The number of rotatable bonds is 3. The summed E-state index contributed by atoms with van der Waals surface area (Å²) >= 11 is 7.74. The second-order valence-electron chi connectivity index (χ2n) is 3.90. The van der Waals surface area contributed by atoms with Crippen LogP contribution in [0.5, 0.6) is 0 Å². The van der Waals surface area contributed by atoms with Gasteiger partial charge in [0.2, 0.25) is 0 Å². The normalized spacial score (nSPS) is 11.1. The standard InChI is InChI=1S/C13H9ClINO3S/c14-10-4-6-12(7-5-10)20(18,19)16-13(17)9-2-1-3-11(15)8-9/h1-8H,(H,16,17). The van der Waals surface area contributed by atoms with E-state index in [4.69, 9.17) is 11.6 Å². The van der Waals surface area contributed by atoms with E-state index in [2.05, 4.69) is 0 Å². The Kier molecular flexibility index (Phi) is 4.66. The van der Waals surface area contributed by atoms with Crippen molar-refractivity contribution in [2.75, 3.05) is 0 Å². The molecular weight excluding hydrogens is 413 g/mol. The fourth-order valence-electron chi connectivity index (χ4n) is 1.48. The number of carbonyl (C=O) groups is 1. The highest BCUT2D eigenvalue weighted by Crippen LogP contribution is 2.15. The number of hydrogen-bond donors (Lipinski definition) is 1. The monoisotopic (exact) mass is 421 g/mol. The maximum atomic E-state index is 12.0. The van der Waals surface area contributed by atoms with Gasteiger partial charge in [0.1, 0.15) is 0 Å². The molecule has 0 saturated heterocycles. The van der Waals surface area contributed by atoms with E-state index < -0.39 is 15.9 Å². The van der Waals surface area contributed by atoms with Crippen LogP contribution in [0.4, 0.5) is 0 Å². The Morgan fingerprint density at radius 3 is 2.35 bits per heavy atom. The molecule has 0 heterocycles. The number of sulfonamides is 1. The van der Waals surface area contributed by atoms with E-state index in [0.29, 0.717) is 5.02 Å². The summed E-state index contributed by atoms with van der Waals surface area (Å²) in [7, 11) is -3.90. The van der Waals surface area contributed by atoms with Crippen molar-refractivity contribution in [3.8, 4) is 0 Å². The summed E-state index contributed by atoms with van der Waals surface area (Å²) in [5.74, 6) is -0.668. The molecule has 1 amide bonds. The van der Waals surface area contributed by atoms with Gasteiger partial charge in [0.15, 0.2) is 0 Å². The van der Waals surface area contributed by atoms with Crippen LogP contribution in [0.25, 0.3) is 0 Å². The zero-order valence-corrected chi connectivity index (χ0v) is 13.7. The summed E-state index contributed by atoms with van der Waals surface area (Å²) < 4.78 is 26.9. The summed E-state index contributed by atoms with van der Waals surface area (Å²) in [6.45, 7) is 0. The summed E-state index contributed by atoms with van der Waals surface area (Å²) in [6, 6.07) is 12.2. The van der Waals surface area contributed by atoms with Crippen LogP contribution in [0.2, 0.25) is 5.02 Å².